The summed E-state index contributed by atoms with van der Waals surface area (Å²) in [5, 5.41) is 0. The predicted octanol–water partition coefficient (Wildman–Crippen LogP) is 2.34. The lowest BCUT2D eigenvalue weighted by molar-refractivity contribution is -0.119. The standard InChI is InChI=1S/C17H29N3O/c1-5-20(15-9-7-6-8-10-15)17(21)13-19(4)12-11-16(18)14(2)3/h6-10,14,16H,5,11-13,18H2,1-4H3. The Balaban J connectivity index is 2.51. The molecule has 1 unspecified atom stereocenters. The quantitative estimate of drug-likeness (QED) is 0.800. The van der Waals surface area contributed by atoms with Gasteiger partial charge in [-0.05, 0) is 45.0 Å². The van der Waals surface area contributed by atoms with Gasteiger partial charge < -0.3 is 10.6 Å². The number of nitrogens with zero attached hydrogens (tertiary/aromatic N) is 2. The van der Waals surface area contributed by atoms with Crippen LogP contribution in [-0.2, 0) is 4.79 Å². The second-order valence-electron chi connectivity index (χ2n) is 5.91. The van der Waals surface area contributed by atoms with Crippen molar-refractivity contribution in [1.29, 1.82) is 0 Å². The van der Waals surface area contributed by atoms with E-state index in [2.05, 4.69) is 18.7 Å². The van der Waals surface area contributed by atoms with Gasteiger partial charge in [-0.15, -0.1) is 0 Å². The molecule has 2 N–H and O–H groups in total. The van der Waals surface area contributed by atoms with Crippen LogP contribution in [0.25, 0.3) is 0 Å². The highest BCUT2D eigenvalue weighted by molar-refractivity contribution is 5.94. The van der Waals surface area contributed by atoms with Gasteiger partial charge in [0, 0.05) is 18.3 Å². The summed E-state index contributed by atoms with van der Waals surface area (Å²) in [6.45, 7) is 8.21. The van der Waals surface area contributed by atoms with Crippen LogP contribution in [0.2, 0.25) is 0 Å². The average molecular weight is 291 g/mol. The van der Waals surface area contributed by atoms with Crippen LogP contribution in [-0.4, -0.2) is 43.5 Å². The van der Waals surface area contributed by atoms with E-state index in [1.165, 1.54) is 0 Å². The summed E-state index contributed by atoms with van der Waals surface area (Å²) in [4.78, 5) is 16.3. The van der Waals surface area contributed by atoms with Gasteiger partial charge >= 0.3 is 0 Å². The predicted molar refractivity (Wildman–Crippen MR) is 89.4 cm³/mol. The summed E-state index contributed by atoms with van der Waals surface area (Å²) in [5.74, 6) is 0.606. The van der Waals surface area contributed by atoms with Crippen molar-refractivity contribution in [1.82, 2.24) is 4.90 Å². The third-order valence-corrected chi connectivity index (χ3v) is 3.79. The highest BCUT2D eigenvalue weighted by Crippen LogP contribution is 2.13. The zero-order chi connectivity index (χ0) is 15.8. The average Bonchev–Trinajstić information content (AvgIpc) is 2.46. The molecule has 1 atom stereocenters. The van der Waals surface area contributed by atoms with Gasteiger partial charge in [-0.2, -0.15) is 0 Å². The van der Waals surface area contributed by atoms with E-state index in [0.717, 1.165) is 18.7 Å². The Kier molecular flexibility index (Phi) is 7.40. The van der Waals surface area contributed by atoms with Crippen LogP contribution in [0.15, 0.2) is 30.3 Å². The molecular weight excluding hydrogens is 262 g/mol. The first-order valence-electron chi connectivity index (χ1n) is 7.75. The molecule has 0 spiro atoms. The minimum atomic E-state index is 0.129. The molecule has 4 heteroatoms. The van der Waals surface area contributed by atoms with Gasteiger partial charge in [-0.25, -0.2) is 0 Å². The molecule has 1 rings (SSSR count). The Morgan fingerprint density at radius 1 is 1.24 bits per heavy atom. The Hall–Kier alpha value is -1.39. The number of carbonyl (C=O) groups excluding carboxylic acids is 1. The summed E-state index contributed by atoms with van der Waals surface area (Å²) in [6, 6.07) is 10.00. The molecule has 4 nitrogen and oxygen atoms in total. The van der Waals surface area contributed by atoms with Gasteiger partial charge in [0.1, 0.15) is 0 Å². The number of anilines is 1. The lowest BCUT2D eigenvalue weighted by atomic mass is 10.0. The van der Waals surface area contributed by atoms with E-state index >= 15 is 0 Å². The number of carbonyl (C=O) groups is 1. The first-order chi connectivity index (χ1) is 9.95. The minimum Gasteiger partial charge on any atom is -0.327 e. The van der Waals surface area contributed by atoms with Gasteiger partial charge in [0.15, 0.2) is 0 Å². The molecule has 0 radical (unpaired) electrons. The monoisotopic (exact) mass is 291 g/mol. The molecular formula is C17H29N3O. The Morgan fingerprint density at radius 2 is 1.86 bits per heavy atom. The highest BCUT2D eigenvalue weighted by Gasteiger charge is 2.16. The molecule has 0 aliphatic carbocycles. The third-order valence-electron chi connectivity index (χ3n) is 3.79. The Labute approximate surface area is 128 Å². The maximum absolute atomic E-state index is 12.4. The molecule has 118 valence electrons. The molecule has 0 aliphatic heterocycles. The molecule has 0 saturated heterocycles. The Bertz CT molecular complexity index is 419. The second-order valence-corrected chi connectivity index (χ2v) is 5.91. The molecule has 1 amide bonds. The van der Waals surface area contributed by atoms with Crippen molar-refractivity contribution in [3.05, 3.63) is 30.3 Å². The number of nitrogens with two attached hydrogens (primary N) is 1. The molecule has 0 fully saturated rings. The van der Waals surface area contributed by atoms with Crippen molar-refractivity contribution < 1.29 is 4.79 Å². The fraction of sp³-hybridized carbons (Fsp3) is 0.588. The maximum atomic E-state index is 12.4. The van der Waals surface area contributed by atoms with Crippen LogP contribution in [0.1, 0.15) is 27.2 Å². The van der Waals surface area contributed by atoms with E-state index in [4.69, 9.17) is 5.73 Å². The van der Waals surface area contributed by atoms with E-state index < -0.39 is 0 Å². The Morgan fingerprint density at radius 3 is 2.38 bits per heavy atom. The van der Waals surface area contributed by atoms with Crippen LogP contribution in [0, 0.1) is 5.92 Å². The lowest BCUT2D eigenvalue weighted by Gasteiger charge is -2.25. The summed E-state index contributed by atoms with van der Waals surface area (Å²) >= 11 is 0. The van der Waals surface area contributed by atoms with Gasteiger partial charge in [0.05, 0.1) is 6.54 Å². The fourth-order valence-electron chi connectivity index (χ4n) is 2.21. The molecule has 0 aliphatic rings. The van der Waals surface area contributed by atoms with E-state index in [1.807, 2.05) is 49.2 Å². The van der Waals surface area contributed by atoms with Crippen molar-refractivity contribution in [2.45, 2.75) is 33.2 Å². The topological polar surface area (TPSA) is 49.6 Å². The van der Waals surface area contributed by atoms with E-state index in [0.29, 0.717) is 19.0 Å². The summed E-state index contributed by atoms with van der Waals surface area (Å²) < 4.78 is 0. The van der Waals surface area contributed by atoms with Crippen LogP contribution >= 0.6 is 0 Å². The normalized spacial score (nSPS) is 12.7. The molecule has 0 aromatic heterocycles. The molecule has 0 saturated carbocycles. The SMILES string of the molecule is CCN(C(=O)CN(C)CCC(N)C(C)C)c1ccccc1. The number of likely N-dealkylation sites (N-methyl/N-ethyl adjacent to an activating group) is 2. The van der Waals surface area contributed by atoms with Crippen LogP contribution < -0.4 is 10.6 Å². The van der Waals surface area contributed by atoms with Crippen molar-refractivity contribution in [2.75, 3.05) is 31.6 Å². The number of amides is 1. The fourth-order valence-corrected chi connectivity index (χ4v) is 2.21. The molecule has 0 heterocycles. The first kappa shape index (κ1) is 17.7. The van der Waals surface area contributed by atoms with Crippen molar-refractivity contribution in [3.63, 3.8) is 0 Å². The summed E-state index contributed by atoms with van der Waals surface area (Å²) in [6.07, 6.45) is 0.916. The zero-order valence-electron chi connectivity index (χ0n) is 13.7. The largest absolute Gasteiger partial charge is 0.327 e. The summed E-state index contributed by atoms with van der Waals surface area (Å²) in [7, 11) is 1.98. The van der Waals surface area contributed by atoms with E-state index in [9.17, 15) is 4.79 Å². The zero-order valence-corrected chi connectivity index (χ0v) is 13.7. The smallest absolute Gasteiger partial charge is 0.241 e. The van der Waals surface area contributed by atoms with Crippen LogP contribution in [0.5, 0.6) is 0 Å². The summed E-state index contributed by atoms with van der Waals surface area (Å²) in [5.41, 5.74) is 7.01. The highest BCUT2D eigenvalue weighted by atomic mass is 16.2. The van der Waals surface area contributed by atoms with Crippen molar-refractivity contribution >= 4 is 11.6 Å². The second kappa shape index (κ2) is 8.80. The number of hydrogen-bond acceptors (Lipinski definition) is 3. The number of para-hydroxylation sites is 1. The van der Waals surface area contributed by atoms with Gasteiger partial charge in [-0.1, -0.05) is 32.0 Å². The van der Waals surface area contributed by atoms with Gasteiger partial charge in [0.25, 0.3) is 0 Å². The molecule has 1 aromatic carbocycles. The first-order valence-corrected chi connectivity index (χ1v) is 7.75. The van der Waals surface area contributed by atoms with Crippen molar-refractivity contribution in [2.24, 2.45) is 11.7 Å². The minimum absolute atomic E-state index is 0.129. The van der Waals surface area contributed by atoms with Crippen molar-refractivity contribution in [3.8, 4) is 0 Å². The third kappa shape index (κ3) is 5.86. The number of hydrogen-bond donors (Lipinski definition) is 1. The van der Waals surface area contributed by atoms with Crippen LogP contribution in [0.4, 0.5) is 5.69 Å². The van der Waals surface area contributed by atoms with E-state index in [1.54, 1.807) is 0 Å². The molecule has 21 heavy (non-hydrogen) atoms. The van der Waals surface area contributed by atoms with Gasteiger partial charge in [-0.3, -0.25) is 9.69 Å². The number of benzene rings is 1. The van der Waals surface area contributed by atoms with Crippen LogP contribution in [0.3, 0.4) is 0 Å². The molecule has 0 bridgehead atoms. The number of rotatable bonds is 8. The maximum Gasteiger partial charge on any atom is 0.241 e. The van der Waals surface area contributed by atoms with E-state index in [-0.39, 0.29) is 11.9 Å². The van der Waals surface area contributed by atoms with Gasteiger partial charge in [0.2, 0.25) is 5.91 Å². The molecule has 1 aromatic rings. The lowest BCUT2D eigenvalue weighted by Crippen LogP contribution is -2.40.